The summed E-state index contributed by atoms with van der Waals surface area (Å²) in [6, 6.07) is 12.9. The Morgan fingerprint density at radius 3 is 2.33 bits per heavy atom. The van der Waals surface area contributed by atoms with E-state index in [0.717, 1.165) is 16.7 Å². The van der Waals surface area contributed by atoms with Crippen molar-refractivity contribution in [3.8, 4) is 11.5 Å². The Labute approximate surface area is 213 Å². The molecule has 7 heteroatoms. The fourth-order valence-corrected chi connectivity index (χ4v) is 4.89. The molecule has 194 valence electrons. The molecule has 2 aliphatic rings. The summed E-state index contributed by atoms with van der Waals surface area (Å²) in [5.74, 6) is 0.810. The minimum absolute atomic E-state index is 0.0257. The van der Waals surface area contributed by atoms with E-state index < -0.39 is 17.6 Å². The average molecular weight is 495 g/mol. The summed E-state index contributed by atoms with van der Waals surface area (Å²) in [6.45, 7) is 12.3. The van der Waals surface area contributed by atoms with Gasteiger partial charge in [-0.15, -0.1) is 0 Å². The summed E-state index contributed by atoms with van der Waals surface area (Å²) in [5, 5.41) is 20.7. The van der Waals surface area contributed by atoms with Crippen molar-refractivity contribution in [2.75, 3.05) is 26.2 Å². The van der Waals surface area contributed by atoms with Crippen molar-refractivity contribution in [3.05, 3.63) is 65.2 Å². The number of ether oxygens (including phenoxy) is 2. The third kappa shape index (κ3) is 5.59. The van der Waals surface area contributed by atoms with Crippen LogP contribution in [0.3, 0.4) is 0 Å². The molecule has 2 aromatic carbocycles. The van der Waals surface area contributed by atoms with E-state index in [-0.39, 0.29) is 11.7 Å². The molecular formula is C29H38N2O5. The Bertz CT molecular complexity index is 1110. The highest BCUT2D eigenvalue weighted by Crippen LogP contribution is 2.44. The van der Waals surface area contributed by atoms with Gasteiger partial charge in [-0.3, -0.25) is 9.69 Å². The molecule has 0 aliphatic carbocycles. The summed E-state index contributed by atoms with van der Waals surface area (Å²) >= 11 is 0. The van der Waals surface area contributed by atoms with Crippen LogP contribution in [0.15, 0.2) is 48.5 Å². The van der Waals surface area contributed by atoms with Gasteiger partial charge in [0.15, 0.2) is 0 Å². The number of phenolic OH excluding ortho intramolecular Hbond substituents is 1. The number of hydrogen-bond acceptors (Lipinski definition) is 6. The number of benzene rings is 2. The maximum atomic E-state index is 12.8. The molecule has 0 radical (unpaired) electrons. The predicted molar refractivity (Wildman–Crippen MR) is 140 cm³/mol. The molecular weight excluding hydrogens is 456 g/mol. The van der Waals surface area contributed by atoms with E-state index in [1.165, 1.54) is 0 Å². The first-order valence-corrected chi connectivity index (χ1v) is 12.8. The summed E-state index contributed by atoms with van der Waals surface area (Å²) in [6.07, 6.45) is 2.52. The summed E-state index contributed by atoms with van der Waals surface area (Å²) in [4.78, 5) is 16.5. The minimum atomic E-state index is -0.971. The molecule has 2 aliphatic heterocycles. The number of nitrogens with zero attached hydrogens (tertiary/aromatic N) is 2. The molecule has 2 N–H and O–H groups in total. The molecule has 0 bridgehead atoms. The van der Waals surface area contributed by atoms with E-state index >= 15 is 0 Å². The minimum Gasteiger partial charge on any atom is -0.508 e. The van der Waals surface area contributed by atoms with Crippen LogP contribution in [0, 0.1) is 0 Å². The molecule has 0 saturated carbocycles. The second-order valence-electron chi connectivity index (χ2n) is 10.6. The Kier molecular flexibility index (Phi) is 7.46. The van der Waals surface area contributed by atoms with Gasteiger partial charge in [0, 0.05) is 56.2 Å². The lowest BCUT2D eigenvalue weighted by Crippen LogP contribution is -2.52. The zero-order valence-electron chi connectivity index (χ0n) is 22.0. The highest BCUT2D eigenvalue weighted by Gasteiger charge is 2.41. The number of likely N-dealkylation sites (tertiary alicyclic amines) is 1. The number of phenols is 1. The Balaban J connectivity index is 1.62. The van der Waals surface area contributed by atoms with Crippen molar-refractivity contribution >= 4 is 11.5 Å². The number of amides is 1. The number of fused-ring (bicyclic) bond motifs is 1. The van der Waals surface area contributed by atoms with E-state index in [4.69, 9.17) is 9.47 Å². The Morgan fingerprint density at radius 1 is 1.11 bits per heavy atom. The number of aliphatic hydroxyl groups is 1. The SMILES string of the molecule is CCN(CC)C(=O)c1ccc(C2=CC3(CCN(C(O)OC(C)(C)C)CC3)Oc3cc(O)ccc32)cc1. The van der Waals surface area contributed by atoms with Gasteiger partial charge in [0.2, 0.25) is 6.41 Å². The number of hydrogen-bond donors (Lipinski definition) is 2. The van der Waals surface area contributed by atoms with E-state index in [9.17, 15) is 15.0 Å². The van der Waals surface area contributed by atoms with Gasteiger partial charge in [-0.1, -0.05) is 12.1 Å². The van der Waals surface area contributed by atoms with E-state index in [0.29, 0.717) is 50.3 Å². The molecule has 4 rings (SSSR count). The first kappa shape index (κ1) is 26.2. The van der Waals surface area contributed by atoms with Crippen LogP contribution in [0.5, 0.6) is 11.5 Å². The molecule has 1 fully saturated rings. The van der Waals surface area contributed by atoms with Crippen molar-refractivity contribution in [1.82, 2.24) is 9.80 Å². The van der Waals surface area contributed by atoms with Crippen LogP contribution >= 0.6 is 0 Å². The maximum absolute atomic E-state index is 12.8. The van der Waals surface area contributed by atoms with Gasteiger partial charge < -0.3 is 24.6 Å². The number of rotatable bonds is 6. The van der Waals surface area contributed by atoms with Crippen molar-refractivity contribution in [1.29, 1.82) is 0 Å². The standard InChI is InChI=1S/C29H38N2O5/c1-6-30(7-2)26(33)21-10-8-20(9-11-21)24-19-29(35-25-18-22(32)12-13-23(24)25)14-16-31(17-15-29)27(34)36-28(3,4)5/h8-13,18-19,27,32,34H,6-7,14-17H2,1-5H3. The molecule has 7 nitrogen and oxygen atoms in total. The predicted octanol–water partition coefficient (Wildman–Crippen LogP) is 4.62. The quantitative estimate of drug-likeness (QED) is 0.570. The zero-order valence-corrected chi connectivity index (χ0v) is 22.0. The number of piperidine rings is 1. The molecule has 1 amide bonds. The number of aliphatic hydroxyl groups excluding tert-OH is 1. The maximum Gasteiger partial charge on any atom is 0.253 e. The second-order valence-corrected chi connectivity index (χ2v) is 10.6. The first-order chi connectivity index (χ1) is 17.0. The van der Waals surface area contributed by atoms with E-state index in [1.807, 2.05) is 69.9 Å². The van der Waals surface area contributed by atoms with Crippen molar-refractivity contribution in [2.45, 2.75) is 65.1 Å². The lowest BCUT2D eigenvalue weighted by molar-refractivity contribution is -0.246. The smallest absolute Gasteiger partial charge is 0.253 e. The third-order valence-electron chi connectivity index (χ3n) is 6.89. The first-order valence-electron chi connectivity index (χ1n) is 12.8. The monoisotopic (exact) mass is 494 g/mol. The molecule has 0 aromatic heterocycles. The fraction of sp³-hybridized carbons (Fsp3) is 0.483. The van der Waals surface area contributed by atoms with Crippen LogP contribution in [0.2, 0.25) is 0 Å². The average Bonchev–Trinajstić information content (AvgIpc) is 2.83. The number of carbonyl (C=O) groups excluding carboxylic acids is 1. The van der Waals surface area contributed by atoms with Gasteiger partial charge in [-0.2, -0.15) is 0 Å². The summed E-state index contributed by atoms with van der Waals surface area (Å²) < 4.78 is 12.2. The molecule has 2 aromatic rings. The van der Waals surface area contributed by atoms with Gasteiger partial charge >= 0.3 is 0 Å². The van der Waals surface area contributed by atoms with Gasteiger partial charge in [-0.25, -0.2) is 0 Å². The van der Waals surface area contributed by atoms with Crippen molar-refractivity contribution in [2.24, 2.45) is 0 Å². The zero-order chi connectivity index (χ0) is 26.1. The van der Waals surface area contributed by atoms with Crippen LogP contribution in [-0.4, -0.2) is 69.7 Å². The highest BCUT2D eigenvalue weighted by molar-refractivity contribution is 5.95. The number of aromatic hydroxyl groups is 1. The van der Waals surface area contributed by atoms with E-state index in [1.54, 1.807) is 17.0 Å². The van der Waals surface area contributed by atoms with Crippen LogP contribution in [0.4, 0.5) is 0 Å². The molecule has 36 heavy (non-hydrogen) atoms. The molecule has 2 heterocycles. The molecule has 1 saturated heterocycles. The van der Waals surface area contributed by atoms with Crippen molar-refractivity contribution in [3.63, 3.8) is 0 Å². The molecule has 1 unspecified atom stereocenters. The largest absolute Gasteiger partial charge is 0.508 e. The summed E-state index contributed by atoms with van der Waals surface area (Å²) in [7, 11) is 0. The third-order valence-corrected chi connectivity index (χ3v) is 6.89. The normalized spacial score (nSPS) is 18.2. The van der Waals surface area contributed by atoms with Gasteiger partial charge in [0.25, 0.3) is 5.91 Å². The van der Waals surface area contributed by atoms with Crippen molar-refractivity contribution < 1.29 is 24.5 Å². The van der Waals surface area contributed by atoms with Gasteiger partial charge in [0.05, 0.1) is 5.60 Å². The highest BCUT2D eigenvalue weighted by atomic mass is 16.6. The van der Waals surface area contributed by atoms with Gasteiger partial charge in [-0.05, 0) is 76.1 Å². The molecule has 1 spiro atoms. The Hall–Kier alpha value is -2.87. The molecule has 1 atom stereocenters. The number of carbonyl (C=O) groups is 1. The van der Waals surface area contributed by atoms with Crippen LogP contribution in [0.25, 0.3) is 5.57 Å². The van der Waals surface area contributed by atoms with Gasteiger partial charge in [0.1, 0.15) is 17.1 Å². The lowest BCUT2D eigenvalue weighted by atomic mass is 9.82. The van der Waals surface area contributed by atoms with Crippen LogP contribution in [0.1, 0.15) is 68.9 Å². The van der Waals surface area contributed by atoms with Crippen LogP contribution < -0.4 is 4.74 Å². The fourth-order valence-electron chi connectivity index (χ4n) is 4.89. The van der Waals surface area contributed by atoms with E-state index in [2.05, 4.69) is 6.08 Å². The second kappa shape index (κ2) is 10.2. The Morgan fingerprint density at radius 2 is 1.75 bits per heavy atom. The summed E-state index contributed by atoms with van der Waals surface area (Å²) in [5.41, 5.74) is 2.55. The topological polar surface area (TPSA) is 82.5 Å². The van der Waals surface area contributed by atoms with Crippen LogP contribution in [-0.2, 0) is 4.74 Å². The lowest BCUT2D eigenvalue weighted by Gasteiger charge is -2.44.